The molecule has 0 bridgehead atoms. The molecule has 5 heteroatoms. The van der Waals surface area contributed by atoms with Gasteiger partial charge in [-0.3, -0.25) is 0 Å². The van der Waals surface area contributed by atoms with Crippen molar-refractivity contribution < 1.29 is 24.9 Å². The van der Waals surface area contributed by atoms with Crippen LogP contribution in [0.15, 0.2) is 12.1 Å². The van der Waals surface area contributed by atoms with E-state index in [4.69, 9.17) is 15.3 Å². The van der Waals surface area contributed by atoms with Gasteiger partial charge < -0.3 is 15.3 Å². The average Bonchev–Trinajstić information content (AvgIpc) is 2.17. The number of benzene rings is 1. The highest BCUT2D eigenvalue weighted by Gasteiger charge is 2.18. The van der Waals surface area contributed by atoms with E-state index in [0.29, 0.717) is 5.56 Å². The Bertz CT molecular complexity index is 436. The summed E-state index contributed by atoms with van der Waals surface area (Å²) < 4.78 is 0. The van der Waals surface area contributed by atoms with Crippen LogP contribution in [0.3, 0.4) is 0 Å². The maximum atomic E-state index is 11.0. The van der Waals surface area contributed by atoms with E-state index in [1.807, 2.05) is 0 Å². The van der Waals surface area contributed by atoms with Crippen LogP contribution in [0.4, 0.5) is 0 Å². The Morgan fingerprint density at radius 3 is 2.25 bits per heavy atom. The monoisotopic (exact) mass is 224 g/mol. The van der Waals surface area contributed by atoms with Gasteiger partial charge in [-0.1, -0.05) is 6.07 Å². The normalized spacial score (nSPS) is 10.1. The van der Waals surface area contributed by atoms with E-state index in [1.165, 1.54) is 19.1 Å². The molecule has 0 unspecified atom stereocenters. The van der Waals surface area contributed by atoms with E-state index >= 15 is 0 Å². The Morgan fingerprint density at radius 1 is 1.19 bits per heavy atom. The number of aliphatic hydroxyl groups is 1. The maximum absolute atomic E-state index is 11.0. The number of carboxylic acids is 2. The molecule has 1 aromatic rings. The lowest BCUT2D eigenvalue weighted by atomic mass is 9.95. The number of rotatable bonds is 4. The fraction of sp³-hybridized carbons (Fsp3) is 0.273. The highest BCUT2D eigenvalue weighted by atomic mass is 16.4. The van der Waals surface area contributed by atoms with Crippen LogP contribution in [0.2, 0.25) is 0 Å². The van der Waals surface area contributed by atoms with Gasteiger partial charge in [-0.2, -0.15) is 0 Å². The summed E-state index contributed by atoms with van der Waals surface area (Å²) in [6.07, 6.45) is 0.197. The molecule has 0 amide bonds. The minimum atomic E-state index is -1.18. The van der Waals surface area contributed by atoms with Gasteiger partial charge >= 0.3 is 11.9 Å². The van der Waals surface area contributed by atoms with E-state index in [2.05, 4.69) is 0 Å². The molecular formula is C11H12O5. The van der Waals surface area contributed by atoms with Crippen molar-refractivity contribution in [2.45, 2.75) is 13.3 Å². The third kappa shape index (κ3) is 2.20. The molecule has 0 saturated heterocycles. The van der Waals surface area contributed by atoms with Crippen molar-refractivity contribution in [2.24, 2.45) is 0 Å². The van der Waals surface area contributed by atoms with E-state index < -0.39 is 11.9 Å². The van der Waals surface area contributed by atoms with Crippen molar-refractivity contribution in [1.29, 1.82) is 0 Å². The van der Waals surface area contributed by atoms with Crippen LogP contribution in [0, 0.1) is 6.92 Å². The van der Waals surface area contributed by atoms with E-state index in [1.54, 1.807) is 0 Å². The number of hydrogen-bond donors (Lipinski definition) is 3. The third-order valence-corrected chi connectivity index (χ3v) is 2.38. The summed E-state index contributed by atoms with van der Waals surface area (Å²) in [7, 11) is 0. The lowest BCUT2D eigenvalue weighted by molar-refractivity contribution is 0.0694. The molecule has 1 rings (SSSR count). The molecule has 0 aromatic heterocycles. The van der Waals surface area contributed by atoms with Crippen LogP contribution in [0.25, 0.3) is 0 Å². The zero-order valence-electron chi connectivity index (χ0n) is 8.73. The van der Waals surface area contributed by atoms with Crippen LogP contribution in [-0.4, -0.2) is 33.9 Å². The van der Waals surface area contributed by atoms with Crippen LogP contribution in [0.1, 0.15) is 31.8 Å². The summed E-state index contributed by atoms with van der Waals surface area (Å²) in [5.41, 5.74) is 0.594. The maximum Gasteiger partial charge on any atom is 0.336 e. The molecule has 0 saturated carbocycles. The molecule has 16 heavy (non-hydrogen) atoms. The van der Waals surface area contributed by atoms with Gasteiger partial charge in [-0.05, 0) is 30.5 Å². The molecule has 0 aliphatic rings. The summed E-state index contributed by atoms with van der Waals surface area (Å²) in [5, 5.41) is 26.6. The summed E-state index contributed by atoms with van der Waals surface area (Å²) >= 11 is 0. The van der Waals surface area contributed by atoms with Gasteiger partial charge in [0.2, 0.25) is 0 Å². The fourth-order valence-electron chi connectivity index (χ4n) is 1.63. The van der Waals surface area contributed by atoms with Gasteiger partial charge in [-0.25, -0.2) is 9.59 Å². The molecule has 86 valence electrons. The standard InChI is InChI=1S/C11H12O5/c1-6-8(10(13)14)3-2-7(4-5-12)9(6)11(15)16/h2-3,12H,4-5H2,1H3,(H,13,14)(H,15,16). The van der Waals surface area contributed by atoms with Crippen molar-refractivity contribution in [1.82, 2.24) is 0 Å². The SMILES string of the molecule is Cc1c(C(=O)O)ccc(CCO)c1C(=O)O. The lowest BCUT2D eigenvalue weighted by Gasteiger charge is -2.10. The van der Waals surface area contributed by atoms with Crippen molar-refractivity contribution in [3.63, 3.8) is 0 Å². The summed E-state index contributed by atoms with van der Waals surface area (Å²) in [6.45, 7) is 1.28. The Balaban J connectivity index is 3.41. The number of aliphatic hydroxyl groups excluding tert-OH is 1. The zero-order valence-corrected chi connectivity index (χ0v) is 8.73. The molecule has 0 atom stereocenters. The first-order chi connectivity index (χ1) is 7.49. The minimum Gasteiger partial charge on any atom is -0.478 e. The number of carbonyl (C=O) groups is 2. The summed E-state index contributed by atoms with van der Waals surface area (Å²) in [6, 6.07) is 2.78. The molecule has 5 nitrogen and oxygen atoms in total. The summed E-state index contributed by atoms with van der Waals surface area (Å²) in [5.74, 6) is -2.33. The van der Waals surface area contributed by atoms with Gasteiger partial charge in [0.15, 0.2) is 0 Å². The molecule has 0 radical (unpaired) electrons. The largest absolute Gasteiger partial charge is 0.478 e. The molecule has 1 aromatic carbocycles. The second kappa shape index (κ2) is 4.76. The minimum absolute atomic E-state index is 0.0286. The Morgan fingerprint density at radius 2 is 1.81 bits per heavy atom. The predicted octanol–water partition coefficient (Wildman–Crippen LogP) is 0.926. The topological polar surface area (TPSA) is 94.8 Å². The van der Waals surface area contributed by atoms with Crippen molar-refractivity contribution in [3.8, 4) is 0 Å². The molecule has 3 N–H and O–H groups in total. The smallest absolute Gasteiger partial charge is 0.336 e. The van der Waals surface area contributed by atoms with Crippen LogP contribution in [-0.2, 0) is 6.42 Å². The van der Waals surface area contributed by atoms with E-state index in [0.717, 1.165) is 0 Å². The molecule has 0 heterocycles. The number of hydrogen-bond acceptors (Lipinski definition) is 3. The molecule has 0 spiro atoms. The van der Waals surface area contributed by atoms with Gasteiger partial charge in [-0.15, -0.1) is 0 Å². The predicted molar refractivity (Wildman–Crippen MR) is 55.9 cm³/mol. The van der Waals surface area contributed by atoms with Gasteiger partial charge in [0.05, 0.1) is 11.1 Å². The van der Waals surface area contributed by atoms with E-state index in [9.17, 15) is 9.59 Å². The fourth-order valence-corrected chi connectivity index (χ4v) is 1.63. The molecule has 0 fully saturated rings. The van der Waals surface area contributed by atoms with Crippen molar-refractivity contribution >= 4 is 11.9 Å². The lowest BCUT2D eigenvalue weighted by Crippen LogP contribution is -2.11. The second-order valence-electron chi connectivity index (χ2n) is 3.36. The van der Waals surface area contributed by atoms with Crippen LogP contribution in [0.5, 0.6) is 0 Å². The van der Waals surface area contributed by atoms with Crippen molar-refractivity contribution in [2.75, 3.05) is 6.61 Å². The quantitative estimate of drug-likeness (QED) is 0.707. The average molecular weight is 224 g/mol. The first kappa shape index (κ1) is 12.2. The number of aromatic carboxylic acids is 2. The van der Waals surface area contributed by atoms with E-state index in [-0.39, 0.29) is 29.7 Å². The van der Waals surface area contributed by atoms with Gasteiger partial charge in [0.1, 0.15) is 0 Å². The third-order valence-electron chi connectivity index (χ3n) is 2.38. The first-order valence-corrected chi connectivity index (χ1v) is 4.69. The Labute approximate surface area is 92.0 Å². The highest BCUT2D eigenvalue weighted by Crippen LogP contribution is 2.19. The second-order valence-corrected chi connectivity index (χ2v) is 3.36. The Kier molecular flexibility index (Phi) is 3.63. The van der Waals surface area contributed by atoms with Gasteiger partial charge in [0.25, 0.3) is 0 Å². The first-order valence-electron chi connectivity index (χ1n) is 4.69. The zero-order chi connectivity index (χ0) is 12.3. The van der Waals surface area contributed by atoms with Crippen molar-refractivity contribution in [3.05, 3.63) is 34.4 Å². The summed E-state index contributed by atoms with van der Waals surface area (Å²) in [4.78, 5) is 21.8. The molecular weight excluding hydrogens is 212 g/mol. The van der Waals surface area contributed by atoms with Crippen LogP contribution < -0.4 is 0 Å². The highest BCUT2D eigenvalue weighted by molar-refractivity contribution is 5.97. The van der Waals surface area contributed by atoms with Crippen LogP contribution >= 0.6 is 0 Å². The number of carboxylic acid groups (broad SMARTS) is 2. The molecule has 0 aliphatic heterocycles. The van der Waals surface area contributed by atoms with Gasteiger partial charge in [0, 0.05) is 6.61 Å². The Hall–Kier alpha value is -1.88. The molecule has 0 aliphatic carbocycles.